The molecule has 0 saturated carbocycles. The zero-order valence-electron chi connectivity index (χ0n) is 52.4. The molecule has 0 fully saturated rings. The fourth-order valence-electron chi connectivity index (χ4n) is 10.4. The number of benzene rings is 2. The second kappa shape index (κ2) is 51.7. The number of nitrogens with zero attached hydrogens (tertiary/aromatic N) is 6. The van der Waals surface area contributed by atoms with Gasteiger partial charge >= 0.3 is 11.9 Å². The Bertz CT molecular complexity index is 1840. The van der Waals surface area contributed by atoms with Gasteiger partial charge in [-0.1, -0.05) is 273 Å². The molecule has 15 heteroatoms. The summed E-state index contributed by atoms with van der Waals surface area (Å²) in [7, 11) is -2.77. The number of rotatable bonds is 52. The Labute approximate surface area is 494 Å². The first-order chi connectivity index (χ1) is 39.5. The molecule has 0 unspecified atom stereocenters. The van der Waals surface area contributed by atoms with Gasteiger partial charge in [-0.25, -0.2) is 0 Å². The van der Waals surface area contributed by atoms with E-state index >= 15 is 0 Å². The van der Waals surface area contributed by atoms with Crippen LogP contribution in [0.2, 0.25) is 5.04 Å². The maximum atomic E-state index is 12.8. The number of ether oxygens (including phenoxy) is 4. The van der Waals surface area contributed by atoms with Crippen LogP contribution in [0.1, 0.15) is 267 Å². The van der Waals surface area contributed by atoms with Crippen molar-refractivity contribution in [1.82, 2.24) is 0 Å². The number of esters is 2. The highest BCUT2D eigenvalue weighted by molar-refractivity contribution is 6.99. The van der Waals surface area contributed by atoms with Crippen molar-refractivity contribution in [3.8, 4) is 0 Å². The summed E-state index contributed by atoms with van der Waals surface area (Å²) < 4.78 is 30.4. The van der Waals surface area contributed by atoms with Crippen molar-refractivity contribution in [3.63, 3.8) is 0 Å². The molecule has 4 atom stereocenters. The van der Waals surface area contributed by atoms with Crippen LogP contribution >= 0.6 is 0 Å². The molecular formula is C66H116N6O8Si. The molecule has 81 heavy (non-hydrogen) atoms. The summed E-state index contributed by atoms with van der Waals surface area (Å²) in [5.41, 5.74) is 17.9. The zero-order chi connectivity index (χ0) is 59.3. The molecule has 2 aromatic carbocycles. The van der Waals surface area contributed by atoms with E-state index in [9.17, 15) is 15.1 Å². The third kappa shape index (κ3) is 37.8. The number of hydrogen-bond acceptors (Lipinski definition) is 10. The molecule has 14 nitrogen and oxygen atoms in total. The number of carbonyl (C=O) groups excluding carboxylic acids is 2. The van der Waals surface area contributed by atoms with Gasteiger partial charge in [-0.3, -0.25) is 9.59 Å². The first kappa shape index (κ1) is 75.1. The molecule has 0 aliphatic carbocycles. The molecule has 0 bridgehead atoms. The lowest BCUT2D eigenvalue weighted by molar-refractivity contribution is -0.151. The van der Waals surface area contributed by atoms with Gasteiger partial charge in [-0.15, -0.1) is 0 Å². The Morgan fingerprint density at radius 2 is 0.815 bits per heavy atom. The highest BCUT2D eigenvalue weighted by Crippen LogP contribution is 2.37. The first-order valence-electron chi connectivity index (χ1n) is 32.4. The van der Waals surface area contributed by atoms with E-state index in [2.05, 4.69) is 117 Å². The minimum absolute atomic E-state index is 0.0906. The SMILES string of the molecule is CCCCCCCCCCCC(=O)O[C@H](CCCCCCC)CCOC[C@H](CO)N=[N+]=[N-].CCCCCCCCCCCC(=O)O[C@H](CCCCCCC)CCOC[C@H](CO[Si](c1ccccc1)(c1ccccc1)C(C)(C)C)N=[N+]=[N-]. The van der Waals surface area contributed by atoms with Gasteiger partial charge in [0.2, 0.25) is 0 Å². The number of aliphatic hydroxyl groups is 1. The maximum Gasteiger partial charge on any atom is 0.306 e. The van der Waals surface area contributed by atoms with Gasteiger partial charge in [0.05, 0.1) is 45.1 Å². The quantitative estimate of drug-likeness (QED) is 0.0168. The van der Waals surface area contributed by atoms with Crippen LogP contribution in [0, 0.1) is 0 Å². The van der Waals surface area contributed by atoms with E-state index in [1.165, 1.54) is 139 Å². The van der Waals surface area contributed by atoms with Crippen LogP contribution < -0.4 is 10.4 Å². The minimum Gasteiger partial charge on any atom is -0.462 e. The number of azide groups is 2. The monoisotopic (exact) mass is 1150 g/mol. The summed E-state index contributed by atoms with van der Waals surface area (Å²) in [5.74, 6) is -0.194. The predicted octanol–water partition coefficient (Wildman–Crippen LogP) is 18.1. The largest absolute Gasteiger partial charge is 0.462 e. The normalized spacial score (nSPS) is 13.0. The van der Waals surface area contributed by atoms with Crippen LogP contribution in [0.25, 0.3) is 20.9 Å². The van der Waals surface area contributed by atoms with Gasteiger partial charge in [0.15, 0.2) is 0 Å². The van der Waals surface area contributed by atoms with E-state index in [4.69, 9.17) is 34.0 Å². The van der Waals surface area contributed by atoms with Crippen LogP contribution in [0.3, 0.4) is 0 Å². The molecule has 0 aromatic heterocycles. The lowest BCUT2D eigenvalue weighted by Crippen LogP contribution is -2.67. The van der Waals surface area contributed by atoms with Crippen molar-refractivity contribution >= 4 is 30.6 Å². The number of unbranched alkanes of at least 4 members (excludes halogenated alkanes) is 24. The second-order valence-electron chi connectivity index (χ2n) is 23.4. The van der Waals surface area contributed by atoms with Crippen molar-refractivity contribution < 1.29 is 38.1 Å². The molecule has 0 heterocycles. The van der Waals surface area contributed by atoms with Crippen LogP contribution in [-0.2, 0) is 33.0 Å². The van der Waals surface area contributed by atoms with Gasteiger partial charge in [-0.05, 0) is 65.0 Å². The Morgan fingerprint density at radius 3 is 1.16 bits per heavy atom. The van der Waals surface area contributed by atoms with E-state index < -0.39 is 20.4 Å². The topological polar surface area (TPSA) is 198 Å². The predicted molar refractivity (Wildman–Crippen MR) is 338 cm³/mol. The third-order valence-corrected chi connectivity index (χ3v) is 20.2. The van der Waals surface area contributed by atoms with Gasteiger partial charge in [0, 0.05) is 42.1 Å². The molecule has 0 saturated heterocycles. The Kier molecular flexibility index (Phi) is 47.9. The molecule has 1 N–H and O–H groups in total. The van der Waals surface area contributed by atoms with Crippen LogP contribution in [0.15, 0.2) is 70.9 Å². The highest BCUT2D eigenvalue weighted by Gasteiger charge is 2.50. The number of aliphatic hydroxyl groups excluding tert-OH is 1. The number of hydrogen-bond donors (Lipinski definition) is 1. The lowest BCUT2D eigenvalue weighted by atomic mass is 10.1. The first-order valence-corrected chi connectivity index (χ1v) is 34.3. The van der Waals surface area contributed by atoms with Gasteiger partial charge in [-0.2, -0.15) is 0 Å². The van der Waals surface area contributed by atoms with Crippen molar-refractivity contribution in [2.24, 2.45) is 10.2 Å². The summed E-state index contributed by atoms with van der Waals surface area (Å²) in [5, 5.41) is 18.9. The second-order valence-corrected chi connectivity index (χ2v) is 27.7. The fraction of sp³-hybridized carbons (Fsp3) is 0.788. The van der Waals surface area contributed by atoms with Crippen LogP contribution in [-0.4, -0.2) is 89.3 Å². The Balaban J connectivity index is 0.000000889. The van der Waals surface area contributed by atoms with Gasteiger partial charge in [0.25, 0.3) is 8.32 Å². The third-order valence-electron chi connectivity index (χ3n) is 15.2. The van der Waals surface area contributed by atoms with Crippen molar-refractivity contribution in [1.29, 1.82) is 0 Å². The van der Waals surface area contributed by atoms with Crippen LogP contribution in [0.5, 0.6) is 0 Å². The van der Waals surface area contributed by atoms with E-state index in [1.807, 2.05) is 12.1 Å². The lowest BCUT2D eigenvalue weighted by Gasteiger charge is -2.43. The Hall–Kier alpha value is -3.94. The molecule has 0 amide bonds. The summed E-state index contributed by atoms with van der Waals surface area (Å²) in [6.07, 6.45) is 37.5. The standard InChI is InChI=1S/C41H67N3O4Si.C25H49N3O4/c1-6-8-10-12-13-14-15-17-25-31-40(45)48-37(26-20-16-11-9-7-2)32-33-46-34-36(43-44-42)35-47-49(41(3,4)5,38-27-21-18-22-28-38)39-29-23-19-24-30-39;1-3-5-7-9-10-11-12-14-16-18-25(30)32-24(17-15-13-8-6-4-2)19-20-31-22-23(21-29)27-28-26/h18-19,21-24,27-30,36-37H,6-17,20,25-26,31-35H2,1-5H3;23-24,29H,3-22H2,1-2H3/t36-,37-;23-,24+/m10/s1. The number of carbonyl (C=O) groups is 2. The van der Waals surface area contributed by atoms with E-state index in [-0.39, 0.29) is 55.6 Å². The van der Waals surface area contributed by atoms with Gasteiger partial charge in [0.1, 0.15) is 12.2 Å². The highest BCUT2D eigenvalue weighted by atomic mass is 28.4. The van der Waals surface area contributed by atoms with Crippen molar-refractivity contribution in [3.05, 3.63) is 81.5 Å². The molecule has 0 radical (unpaired) electrons. The minimum atomic E-state index is -2.77. The molecule has 462 valence electrons. The average molecular weight is 1150 g/mol. The molecule has 2 rings (SSSR count). The van der Waals surface area contributed by atoms with E-state index in [0.717, 1.165) is 64.2 Å². The fourth-order valence-corrected chi connectivity index (χ4v) is 15.0. The van der Waals surface area contributed by atoms with Crippen LogP contribution in [0.4, 0.5) is 0 Å². The molecule has 2 aromatic rings. The van der Waals surface area contributed by atoms with Crippen molar-refractivity contribution in [2.75, 3.05) is 39.6 Å². The summed E-state index contributed by atoms with van der Waals surface area (Å²) in [6, 6.07) is 19.9. The molecule has 0 aliphatic rings. The van der Waals surface area contributed by atoms with E-state index in [1.54, 1.807) is 0 Å². The zero-order valence-corrected chi connectivity index (χ0v) is 53.4. The average Bonchev–Trinajstić information content (AvgIpc) is 3.66. The summed E-state index contributed by atoms with van der Waals surface area (Å²) >= 11 is 0. The summed E-state index contributed by atoms with van der Waals surface area (Å²) in [4.78, 5) is 30.9. The van der Waals surface area contributed by atoms with Gasteiger partial charge < -0.3 is 28.5 Å². The molecule has 0 aliphatic heterocycles. The van der Waals surface area contributed by atoms with Crippen molar-refractivity contribution in [2.45, 2.75) is 296 Å². The molecular weight excluding hydrogens is 1030 g/mol. The molecule has 0 spiro atoms. The van der Waals surface area contributed by atoms with E-state index in [0.29, 0.717) is 38.9 Å². The Morgan fingerprint density at radius 1 is 0.481 bits per heavy atom. The summed E-state index contributed by atoms with van der Waals surface area (Å²) in [6.45, 7) is 16.9. The smallest absolute Gasteiger partial charge is 0.306 e. The maximum absolute atomic E-state index is 12.8.